The Morgan fingerprint density at radius 3 is 2.82 bits per heavy atom. The number of carboxylic acids is 1. The molecule has 0 fully saturated rings. The van der Waals surface area contributed by atoms with Gasteiger partial charge in [-0.1, -0.05) is 0 Å². The van der Waals surface area contributed by atoms with Crippen LogP contribution < -0.4 is 10.6 Å². The second kappa shape index (κ2) is 6.48. The fourth-order valence-corrected chi connectivity index (χ4v) is 1.07. The quantitative estimate of drug-likeness (QED) is 0.423. The molecule has 1 atom stereocenters. The molecule has 0 radical (unpaired) electrons. The molecular weight excluding hydrogens is 228 g/mol. The number of hydrogen-bond donors (Lipinski definition) is 5. The van der Waals surface area contributed by atoms with Gasteiger partial charge in [-0.2, -0.15) is 0 Å². The summed E-state index contributed by atoms with van der Waals surface area (Å²) in [6.45, 7) is 0.0580. The van der Waals surface area contributed by atoms with E-state index in [-0.39, 0.29) is 6.54 Å². The minimum Gasteiger partial charge on any atom is -0.479 e. The van der Waals surface area contributed by atoms with E-state index in [2.05, 4.69) is 20.6 Å². The number of urea groups is 1. The van der Waals surface area contributed by atoms with Crippen LogP contribution in [0.4, 0.5) is 4.79 Å². The first-order valence-corrected chi connectivity index (χ1v) is 4.99. The van der Waals surface area contributed by atoms with Crippen LogP contribution in [0.5, 0.6) is 0 Å². The summed E-state index contributed by atoms with van der Waals surface area (Å²) in [6, 6.07) is -0.523. The van der Waals surface area contributed by atoms with Gasteiger partial charge in [-0.05, 0) is 0 Å². The van der Waals surface area contributed by atoms with Crippen molar-refractivity contribution in [1.82, 2.24) is 20.6 Å². The molecule has 5 N–H and O–H groups in total. The van der Waals surface area contributed by atoms with Crippen molar-refractivity contribution in [2.24, 2.45) is 0 Å². The number of carbonyl (C=O) groups is 2. The molecule has 1 aromatic heterocycles. The number of nitrogens with zero attached hydrogens (tertiary/aromatic N) is 1. The zero-order valence-electron chi connectivity index (χ0n) is 9.01. The molecule has 0 saturated heterocycles. The summed E-state index contributed by atoms with van der Waals surface area (Å²) in [5, 5.41) is 22.0. The Kier molecular flexibility index (Phi) is 4.95. The van der Waals surface area contributed by atoms with Crippen molar-refractivity contribution >= 4 is 12.0 Å². The Balaban J connectivity index is 2.11. The first kappa shape index (κ1) is 13.0. The van der Waals surface area contributed by atoms with Gasteiger partial charge in [-0.25, -0.2) is 14.6 Å². The van der Waals surface area contributed by atoms with Crippen LogP contribution in [0.3, 0.4) is 0 Å². The third kappa shape index (κ3) is 4.98. The molecule has 0 aliphatic heterocycles. The first-order valence-electron chi connectivity index (χ1n) is 4.99. The van der Waals surface area contributed by atoms with Crippen LogP contribution in [0.2, 0.25) is 0 Å². The van der Waals surface area contributed by atoms with Crippen molar-refractivity contribution in [3.05, 3.63) is 18.2 Å². The number of aliphatic carboxylic acids is 1. The summed E-state index contributed by atoms with van der Waals surface area (Å²) in [4.78, 5) is 28.1. The summed E-state index contributed by atoms with van der Waals surface area (Å²) < 4.78 is 0. The van der Waals surface area contributed by atoms with Gasteiger partial charge in [0.2, 0.25) is 0 Å². The molecule has 1 heterocycles. The van der Waals surface area contributed by atoms with Crippen LogP contribution in [-0.2, 0) is 11.2 Å². The molecule has 8 heteroatoms. The Morgan fingerprint density at radius 1 is 1.47 bits per heavy atom. The van der Waals surface area contributed by atoms with Crippen molar-refractivity contribution in [2.45, 2.75) is 12.5 Å². The average Bonchev–Trinajstić information content (AvgIpc) is 2.78. The smallest absolute Gasteiger partial charge is 0.334 e. The fourth-order valence-electron chi connectivity index (χ4n) is 1.07. The number of hydrogen-bond acceptors (Lipinski definition) is 4. The highest BCUT2D eigenvalue weighted by atomic mass is 16.4. The summed E-state index contributed by atoms with van der Waals surface area (Å²) in [6.07, 6.45) is 2.19. The van der Waals surface area contributed by atoms with Crippen LogP contribution in [0.15, 0.2) is 12.5 Å². The molecule has 0 saturated carbocycles. The number of imidazole rings is 1. The molecule has 1 aromatic rings. The second-order valence-electron chi connectivity index (χ2n) is 3.32. The van der Waals surface area contributed by atoms with Crippen molar-refractivity contribution in [3.63, 3.8) is 0 Å². The molecule has 17 heavy (non-hydrogen) atoms. The predicted octanol–water partition coefficient (Wildman–Crippen LogP) is -1.30. The Hall–Kier alpha value is -2.09. The lowest BCUT2D eigenvalue weighted by Gasteiger charge is -2.08. The van der Waals surface area contributed by atoms with E-state index >= 15 is 0 Å². The first-order chi connectivity index (χ1) is 8.09. The number of amides is 2. The van der Waals surface area contributed by atoms with Gasteiger partial charge in [0.05, 0.1) is 12.9 Å². The van der Waals surface area contributed by atoms with E-state index in [9.17, 15) is 9.59 Å². The normalized spacial score (nSPS) is 11.8. The topological polar surface area (TPSA) is 127 Å². The molecule has 0 unspecified atom stereocenters. The number of aliphatic hydroxyl groups excluding tert-OH is 1. The van der Waals surface area contributed by atoms with E-state index in [1.807, 2.05) is 0 Å². The number of aliphatic hydroxyl groups is 1. The lowest BCUT2D eigenvalue weighted by Crippen LogP contribution is -2.42. The van der Waals surface area contributed by atoms with E-state index in [1.165, 1.54) is 0 Å². The maximum atomic E-state index is 11.1. The number of H-pyrrole nitrogens is 1. The van der Waals surface area contributed by atoms with Crippen LogP contribution in [0.25, 0.3) is 0 Å². The fraction of sp³-hybridized carbons (Fsp3) is 0.444. The number of carbonyl (C=O) groups excluding carboxylic acids is 1. The number of carboxylic acid groups (broad SMARTS) is 1. The molecule has 1 rings (SSSR count). The second-order valence-corrected chi connectivity index (χ2v) is 3.32. The van der Waals surface area contributed by atoms with E-state index in [0.29, 0.717) is 13.0 Å². The van der Waals surface area contributed by atoms with Gasteiger partial charge in [0, 0.05) is 24.9 Å². The van der Waals surface area contributed by atoms with Crippen LogP contribution in [-0.4, -0.2) is 51.4 Å². The zero-order chi connectivity index (χ0) is 12.7. The van der Waals surface area contributed by atoms with Gasteiger partial charge in [-0.3, -0.25) is 0 Å². The molecule has 8 nitrogen and oxygen atoms in total. The molecule has 0 spiro atoms. The van der Waals surface area contributed by atoms with Crippen LogP contribution in [0, 0.1) is 0 Å². The molecule has 0 aliphatic rings. The van der Waals surface area contributed by atoms with Gasteiger partial charge in [0.1, 0.15) is 0 Å². The molecule has 2 amide bonds. The minimum atomic E-state index is -1.59. The highest BCUT2D eigenvalue weighted by Crippen LogP contribution is 1.90. The van der Waals surface area contributed by atoms with E-state index < -0.39 is 18.1 Å². The zero-order valence-corrected chi connectivity index (χ0v) is 9.01. The van der Waals surface area contributed by atoms with Crippen molar-refractivity contribution in [3.8, 4) is 0 Å². The summed E-state index contributed by atoms with van der Waals surface area (Å²) in [5.41, 5.74) is 0.885. The monoisotopic (exact) mass is 242 g/mol. The lowest BCUT2D eigenvalue weighted by molar-refractivity contribution is -0.146. The van der Waals surface area contributed by atoms with Gasteiger partial charge in [-0.15, -0.1) is 0 Å². The van der Waals surface area contributed by atoms with Gasteiger partial charge in [0.25, 0.3) is 0 Å². The van der Waals surface area contributed by atoms with E-state index in [1.54, 1.807) is 12.5 Å². The molecule has 0 aliphatic carbocycles. The molecule has 0 bridgehead atoms. The number of rotatable bonds is 6. The third-order valence-electron chi connectivity index (χ3n) is 1.98. The largest absolute Gasteiger partial charge is 0.479 e. The van der Waals surface area contributed by atoms with Gasteiger partial charge >= 0.3 is 12.0 Å². The Bertz CT molecular complexity index is 365. The number of aromatic nitrogens is 2. The van der Waals surface area contributed by atoms with E-state index in [4.69, 9.17) is 10.2 Å². The number of aromatic amines is 1. The van der Waals surface area contributed by atoms with Crippen molar-refractivity contribution in [2.75, 3.05) is 13.1 Å². The van der Waals surface area contributed by atoms with E-state index in [0.717, 1.165) is 5.69 Å². The molecule has 94 valence electrons. The lowest BCUT2D eigenvalue weighted by atomic mass is 10.3. The van der Waals surface area contributed by atoms with Crippen LogP contribution in [0.1, 0.15) is 5.69 Å². The number of nitrogens with one attached hydrogen (secondary N) is 3. The highest BCUT2D eigenvalue weighted by Gasteiger charge is 2.13. The average molecular weight is 242 g/mol. The molecular formula is C9H14N4O4. The standard InChI is InChI=1S/C9H14N4O4/c14-7(8(15)16)4-12-9(17)11-2-1-6-3-10-5-13-6/h3,5,7,14H,1-2,4H2,(H,10,13)(H,15,16)(H2,11,12,17)/t7-/m0/s1. The molecule has 0 aromatic carbocycles. The summed E-state index contributed by atoms with van der Waals surface area (Å²) >= 11 is 0. The van der Waals surface area contributed by atoms with Crippen LogP contribution >= 0.6 is 0 Å². The maximum Gasteiger partial charge on any atom is 0.334 e. The summed E-state index contributed by atoms with van der Waals surface area (Å²) in [5.74, 6) is -1.37. The van der Waals surface area contributed by atoms with Crippen molar-refractivity contribution < 1.29 is 19.8 Å². The minimum absolute atomic E-state index is 0.328. The van der Waals surface area contributed by atoms with Gasteiger partial charge in [0.15, 0.2) is 6.10 Å². The van der Waals surface area contributed by atoms with Crippen molar-refractivity contribution in [1.29, 1.82) is 0 Å². The Morgan fingerprint density at radius 2 is 2.24 bits per heavy atom. The predicted molar refractivity (Wildman–Crippen MR) is 57.3 cm³/mol. The Labute approximate surface area is 97.1 Å². The highest BCUT2D eigenvalue weighted by molar-refractivity contribution is 5.76. The SMILES string of the molecule is O=C(NCCc1cnc[nH]1)NC[C@H](O)C(=O)O. The third-order valence-corrected chi connectivity index (χ3v) is 1.98. The van der Waals surface area contributed by atoms with Gasteiger partial charge < -0.3 is 25.8 Å². The summed E-state index contributed by atoms with van der Waals surface area (Å²) in [7, 11) is 0. The maximum absolute atomic E-state index is 11.1.